The van der Waals surface area contributed by atoms with Gasteiger partial charge in [-0.25, -0.2) is 0 Å². The van der Waals surface area contributed by atoms with Gasteiger partial charge in [-0.2, -0.15) is 0 Å². The molecule has 0 radical (unpaired) electrons. The summed E-state index contributed by atoms with van der Waals surface area (Å²) in [5, 5.41) is 2.82. The van der Waals surface area contributed by atoms with Crippen molar-refractivity contribution >= 4 is 20.2 Å². The fourth-order valence-electron chi connectivity index (χ4n) is 0. The molecule has 1 nitrogen and oxygen atoms in total. The van der Waals surface area contributed by atoms with Crippen LogP contribution in [0.3, 0.4) is 0 Å². The van der Waals surface area contributed by atoms with Gasteiger partial charge in [0.1, 0.15) is 0 Å². The van der Waals surface area contributed by atoms with Gasteiger partial charge in [-0.15, -0.1) is 12.2 Å². The molecule has 0 aromatic carbocycles. The highest BCUT2D eigenvalue weighted by atomic mass is 32.7. The van der Waals surface area contributed by atoms with Gasteiger partial charge in [-0.05, 0) is 7.05 Å². The zero-order valence-corrected chi connectivity index (χ0v) is 4.34. The summed E-state index contributed by atoms with van der Waals surface area (Å²) in [6.45, 7) is 0. The maximum absolute atomic E-state index is 3.84. The first-order valence-electron chi connectivity index (χ1n) is 0.974. The molecule has 0 amide bonds. The predicted molar refractivity (Wildman–Crippen MR) is 26.4 cm³/mol. The molecular weight excluding hydrogens is 89.1 g/mol. The van der Waals surface area contributed by atoms with Crippen molar-refractivity contribution < 1.29 is 0 Å². The van der Waals surface area contributed by atoms with Crippen LogP contribution in [0.2, 0.25) is 0 Å². The van der Waals surface area contributed by atoms with Crippen LogP contribution in [0.5, 0.6) is 0 Å². The Morgan fingerprint density at radius 3 is 2.25 bits per heavy atom. The Hall–Kier alpha value is 0.740. The van der Waals surface area contributed by atoms with Gasteiger partial charge in [0.15, 0.2) is 0 Å². The van der Waals surface area contributed by atoms with E-state index in [1.807, 2.05) is 7.05 Å². The summed E-state index contributed by atoms with van der Waals surface area (Å²) in [4.78, 5) is 0. The van der Waals surface area contributed by atoms with E-state index in [0.717, 1.165) is 0 Å². The first-order chi connectivity index (χ1) is 1.91. The van der Waals surface area contributed by atoms with Crippen LogP contribution in [-0.4, -0.2) is 7.05 Å². The molecule has 0 bridgehead atoms. The van der Waals surface area contributed by atoms with Crippen molar-refractivity contribution in [3.8, 4) is 0 Å². The number of nitrogens with one attached hydrogen (secondary N) is 1. The Labute approximate surface area is 33.2 Å². The van der Waals surface area contributed by atoms with Gasteiger partial charge in [-0.3, -0.25) is 5.09 Å². The number of rotatable bonds is 1. The van der Waals surface area contributed by atoms with Gasteiger partial charge >= 0.3 is 0 Å². The van der Waals surface area contributed by atoms with Crippen LogP contribution >= 0.6 is 20.2 Å². The molecule has 1 unspecified atom stereocenters. The zero-order valence-electron chi connectivity index (χ0n) is 2.45. The molecule has 0 aromatic rings. The van der Waals surface area contributed by atoms with E-state index >= 15 is 0 Å². The number of thiol groups is 1. The Morgan fingerprint density at radius 2 is 2.25 bits per heavy atom. The van der Waals surface area contributed by atoms with Gasteiger partial charge < -0.3 is 0 Å². The highest BCUT2D eigenvalue weighted by Gasteiger charge is 1.50. The van der Waals surface area contributed by atoms with Gasteiger partial charge in [0.25, 0.3) is 0 Å². The normalized spacial score (nSPS) is 10.5. The van der Waals surface area contributed by atoms with Gasteiger partial charge in [0, 0.05) is 7.93 Å². The lowest BCUT2D eigenvalue weighted by Gasteiger charge is -1.75. The molecule has 0 spiro atoms. The van der Waals surface area contributed by atoms with Crippen LogP contribution in [0.4, 0.5) is 0 Å². The van der Waals surface area contributed by atoms with Crippen molar-refractivity contribution in [1.82, 2.24) is 5.09 Å². The maximum Gasteiger partial charge on any atom is 0.00369 e. The lowest BCUT2D eigenvalue weighted by Crippen LogP contribution is -1.79. The van der Waals surface area contributed by atoms with Crippen molar-refractivity contribution in [2.24, 2.45) is 0 Å². The Bertz CT molecular complexity index is 10.0. The van der Waals surface area contributed by atoms with Crippen LogP contribution in [0, 0.1) is 0 Å². The average molecular weight is 95.1 g/mol. The molecule has 26 valence electrons. The Balaban J connectivity index is 1.97. The van der Waals surface area contributed by atoms with E-state index in [4.69, 9.17) is 0 Å². The lowest BCUT2D eigenvalue weighted by molar-refractivity contribution is 1.30. The fourth-order valence-corrected chi connectivity index (χ4v) is 0. The molecule has 1 N–H and O–H groups in total. The topological polar surface area (TPSA) is 12.0 Å². The van der Waals surface area contributed by atoms with E-state index in [1.54, 1.807) is 0 Å². The summed E-state index contributed by atoms with van der Waals surface area (Å²) in [5.74, 6) is 0. The zero-order chi connectivity index (χ0) is 3.41. The van der Waals surface area contributed by atoms with Crippen molar-refractivity contribution in [2.75, 3.05) is 7.05 Å². The molecule has 1 atom stereocenters. The largest absolute Gasteiger partial charge is 0.293 e. The molecule has 0 fully saturated rings. The molecule has 0 aliphatic heterocycles. The maximum atomic E-state index is 3.84. The monoisotopic (exact) mass is 95.0 g/mol. The smallest absolute Gasteiger partial charge is 0.00369 e. The van der Waals surface area contributed by atoms with Crippen LogP contribution < -0.4 is 5.09 Å². The number of hydrogen-bond acceptors (Lipinski definition) is 2. The van der Waals surface area contributed by atoms with Crippen molar-refractivity contribution in [3.63, 3.8) is 0 Å². The molecule has 0 aliphatic rings. The van der Waals surface area contributed by atoms with Gasteiger partial charge in [0.05, 0.1) is 0 Å². The van der Waals surface area contributed by atoms with E-state index in [-0.39, 0.29) is 0 Å². The van der Waals surface area contributed by atoms with Crippen LogP contribution in [0.15, 0.2) is 0 Å². The second-order valence-corrected chi connectivity index (χ2v) is 1.76. The fraction of sp³-hybridized carbons (Fsp3) is 1.00. The molecule has 0 saturated heterocycles. The Morgan fingerprint density at radius 1 is 2.00 bits per heavy atom. The van der Waals surface area contributed by atoms with Crippen molar-refractivity contribution in [1.29, 1.82) is 0 Å². The van der Waals surface area contributed by atoms with Crippen molar-refractivity contribution in [3.05, 3.63) is 0 Å². The predicted octanol–water partition coefficient (Wildman–Crippen LogP) is 0.644. The molecule has 4 heavy (non-hydrogen) atoms. The second-order valence-electron chi connectivity index (χ2n) is 0.362. The van der Waals surface area contributed by atoms with Gasteiger partial charge in [-0.1, -0.05) is 0 Å². The molecule has 0 heterocycles. The third kappa shape index (κ3) is 2.74. The summed E-state index contributed by atoms with van der Waals surface area (Å²) in [7, 11) is 2.45. The minimum absolute atomic E-state index is 0.585. The minimum Gasteiger partial charge on any atom is -0.293 e. The van der Waals surface area contributed by atoms with Crippen LogP contribution in [-0.2, 0) is 0 Å². The highest BCUT2D eigenvalue weighted by molar-refractivity contribution is 8.37. The third-order valence-corrected chi connectivity index (χ3v) is 1.01. The second kappa shape index (κ2) is 3.74. The lowest BCUT2D eigenvalue weighted by atomic mass is 11.6. The van der Waals surface area contributed by atoms with Gasteiger partial charge in [0.2, 0.25) is 0 Å². The first-order valence-corrected chi connectivity index (χ1v) is 3.26. The Kier molecular flexibility index (Phi) is 4.43. The van der Waals surface area contributed by atoms with E-state index in [0.29, 0.717) is 7.93 Å². The summed E-state index contributed by atoms with van der Waals surface area (Å²) in [5.41, 5.74) is 0. The molecule has 0 aliphatic carbocycles. The molecule has 0 saturated carbocycles. The van der Waals surface area contributed by atoms with Crippen LogP contribution in [0.25, 0.3) is 0 Å². The molecule has 0 aromatic heterocycles. The number of hydrogen-bond donors (Lipinski definition) is 2. The third-order valence-electron chi connectivity index (χ3n) is 0.112. The van der Waals surface area contributed by atoms with Crippen LogP contribution in [0.1, 0.15) is 0 Å². The standard InChI is InChI=1S/CH6NPS/c1-2-3-4/h2-4H,1H3. The summed E-state index contributed by atoms with van der Waals surface area (Å²) >= 11 is 3.84. The average Bonchev–Trinajstić information content (AvgIpc) is 1.37. The van der Waals surface area contributed by atoms with E-state index in [1.165, 1.54) is 0 Å². The quantitative estimate of drug-likeness (QED) is 0.360. The van der Waals surface area contributed by atoms with E-state index in [2.05, 4.69) is 17.3 Å². The SMILES string of the molecule is CNPS. The first kappa shape index (κ1) is 4.74. The minimum atomic E-state index is 0.585. The molecule has 0 rings (SSSR count). The van der Waals surface area contributed by atoms with E-state index < -0.39 is 0 Å². The van der Waals surface area contributed by atoms with Crippen molar-refractivity contribution in [2.45, 2.75) is 0 Å². The summed E-state index contributed by atoms with van der Waals surface area (Å²) in [6.07, 6.45) is 0. The highest BCUT2D eigenvalue weighted by Crippen LogP contribution is 2.03. The summed E-state index contributed by atoms with van der Waals surface area (Å²) in [6, 6.07) is 0. The molecular formula is CH6NPS. The summed E-state index contributed by atoms with van der Waals surface area (Å²) < 4.78 is 0. The van der Waals surface area contributed by atoms with E-state index in [9.17, 15) is 0 Å². The molecule has 3 heteroatoms.